The number of aromatic nitrogens is 3. The summed E-state index contributed by atoms with van der Waals surface area (Å²) in [5.41, 5.74) is -1.92. The summed E-state index contributed by atoms with van der Waals surface area (Å²) in [5.74, 6) is 0.00996. The molecule has 1 aromatic heterocycles. The Bertz CT molecular complexity index is 461. The Labute approximate surface area is 113 Å². The lowest BCUT2D eigenvalue weighted by atomic mass is 10.3. The molecule has 19 heavy (non-hydrogen) atoms. The average Bonchev–Trinajstić information content (AvgIpc) is 3.06. The molecule has 2 N–H and O–H groups in total. The molecule has 1 aliphatic carbocycles. The van der Waals surface area contributed by atoms with Crippen LogP contribution in [0.15, 0.2) is 0 Å². The highest BCUT2D eigenvalue weighted by atomic mass is 35.5. The summed E-state index contributed by atoms with van der Waals surface area (Å²) < 4.78 is 38.4. The second-order valence-electron chi connectivity index (χ2n) is 4.38. The zero-order valence-electron chi connectivity index (χ0n) is 10.2. The molecule has 0 spiro atoms. The van der Waals surface area contributed by atoms with Crippen LogP contribution in [0.1, 0.15) is 26.2 Å². The van der Waals surface area contributed by atoms with Gasteiger partial charge < -0.3 is 10.6 Å². The fraction of sp³-hybridized carbons (Fsp3) is 0.700. The zero-order chi connectivity index (χ0) is 14.1. The molecule has 2 rings (SSSR count). The van der Waals surface area contributed by atoms with Crippen LogP contribution in [0.3, 0.4) is 0 Å². The van der Waals surface area contributed by atoms with Gasteiger partial charge in [0.1, 0.15) is 5.54 Å². The molecule has 0 amide bonds. The van der Waals surface area contributed by atoms with Gasteiger partial charge in [0, 0.05) is 6.54 Å². The van der Waals surface area contributed by atoms with Crippen LogP contribution in [0, 0.1) is 0 Å². The summed E-state index contributed by atoms with van der Waals surface area (Å²) in [4.78, 5) is 11.3. The van der Waals surface area contributed by atoms with Gasteiger partial charge in [-0.1, -0.05) is 6.92 Å². The molecule has 1 fully saturated rings. The maximum atomic E-state index is 12.8. The molecular weight excluding hydrogens is 283 g/mol. The second kappa shape index (κ2) is 4.99. The van der Waals surface area contributed by atoms with E-state index >= 15 is 0 Å². The normalized spacial score (nSPS) is 17.1. The van der Waals surface area contributed by atoms with Crippen LogP contribution in [-0.2, 0) is 0 Å². The summed E-state index contributed by atoms with van der Waals surface area (Å²) in [6.07, 6.45) is -3.48. The minimum atomic E-state index is -4.33. The number of alkyl halides is 3. The Hall–Kier alpha value is -1.31. The van der Waals surface area contributed by atoms with Gasteiger partial charge in [-0.25, -0.2) is 0 Å². The molecule has 5 nitrogen and oxygen atoms in total. The van der Waals surface area contributed by atoms with Crippen molar-refractivity contribution in [2.45, 2.75) is 37.9 Å². The van der Waals surface area contributed by atoms with E-state index in [0.29, 0.717) is 6.54 Å². The van der Waals surface area contributed by atoms with Crippen molar-refractivity contribution in [3.8, 4) is 0 Å². The first-order valence-corrected chi connectivity index (χ1v) is 6.24. The molecule has 1 aromatic rings. The van der Waals surface area contributed by atoms with E-state index in [4.69, 9.17) is 11.6 Å². The van der Waals surface area contributed by atoms with E-state index in [1.165, 1.54) is 0 Å². The van der Waals surface area contributed by atoms with E-state index in [1.807, 2.05) is 6.92 Å². The van der Waals surface area contributed by atoms with Crippen molar-refractivity contribution >= 4 is 23.5 Å². The highest BCUT2D eigenvalue weighted by Gasteiger charge is 2.64. The van der Waals surface area contributed by atoms with Crippen molar-refractivity contribution in [1.29, 1.82) is 0 Å². The molecule has 0 saturated heterocycles. The maximum Gasteiger partial charge on any atom is 0.411 e. The summed E-state index contributed by atoms with van der Waals surface area (Å²) in [6, 6.07) is 0. The lowest BCUT2D eigenvalue weighted by Crippen LogP contribution is -2.39. The lowest BCUT2D eigenvalue weighted by Gasteiger charge is -2.20. The van der Waals surface area contributed by atoms with Crippen LogP contribution in [-0.4, -0.2) is 33.2 Å². The maximum absolute atomic E-state index is 12.8. The average molecular weight is 296 g/mol. The second-order valence-corrected chi connectivity index (χ2v) is 4.72. The van der Waals surface area contributed by atoms with E-state index in [-0.39, 0.29) is 30.0 Å². The first-order valence-electron chi connectivity index (χ1n) is 5.87. The predicted octanol–water partition coefficient (Wildman–Crippen LogP) is 2.85. The van der Waals surface area contributed by atoms with Crippen LogP contribution in [0.25, 0.3) is 0 Å². The number of rotatable bonds is 5. The fourth-order valence-electron chi connectivity index (χ4n) is 1.54. The van der Waals surface area contributed by atoms with E-state index in [2.05, 4.69) is 25.6 Å². The minimum absolute atomic E-state index is 0.0114. The number of hydrogen-bond donors (Lipinski definition) is 2. The summed E-state index contributed by atoms with van der Waals surface area (Å²) >= 11 is 5.67. The van der Waals surface area contributed by atoms with Crippen LogP contribution in [0.2, 0.25) is 5.28 Å². The molecule has 1 aliphatic rings. The standard InChI is InChI=1S/C10H13ClF3N5/c1-2-5-15-7-16-6(11)17-8(18-7)19-9(3-4-9)10(12,13)14/h2-5H2,1H3,(H2,15,16,17,18,19). The quantitative estimate of drug-likeness (QED) is 0.874. The Morgan fingerprint density at radius 3 is 2.37 bits per heavy atom. The van der Waals surface area contributed by atoms with E-state index in [1.54, 1.807) is 0 Å². The molecule has 0 aromatic carbocycles. The summed E-state index contributed by atoms with van der Waals surface area (Å²) in [6.45, 7) is 2.54. The van der Waals surface area contributed by atoms with Crippen molar-refractivity contribution in [2.24, 2.45) is 0 Å². The Morgan fingerprint density at radius 1 is 1.21 bits per heavy atom. The third-order valence-corrected chi connectivity index (χ3v) is 2.95. The van der Waals surface area contributed by atoms with Crippen LogP contribution >= 0.6 is 11.6 Å². The van der Waals surface area contributed by atoms with Crippen molar-refractivity contribution < 1.29 is 13.2 Å². The molecule has 0 radical (unpaired) electrons. The number of halogens is 4. The van der Waals surface area contributed by atoms with Gasteiger partial charge in [0.05, 0.1) is 0 Å². The molecule has 1 saturated carbocycles. The van der Waals surface area contributed by atoms with Gasteiger partial charge in [0.25, 0.3) is 0 Å². The first kappa shape index (κ1) is 14.1. The van der Waals surface area contributed by atoms with Gasteiger partial charge in [-0.15, -0.1) is 0 Å². The zero-order valence-corrected chi connectivity index (χ0v) is 10.9. The molecule has 0 aliphatic heterocycles. The smallest absolute Gasteiger partial charge is 0.354 e. The van der Waals surface area contributed by atoms with E-state index < -0.39 is 11.7 Å². The fourth-order valence-corrected chi connectivity index (χ4v) is 1.70. The predicted molar refractivity (Wildman–Crippen MR) is 65.3 cm³/mol. The van der Waals surface area contributed by atoms with Gasteiger partial charge >= 0.3 is 6.18 Å². The van der Waals surface area contributed by atoms with Gasteiger partial charge in [0.15, 0.2) is 0 Å². The Morgan fingerprint density at radius 2 is 1.84 bits per heavy atom. The summed E-state index contributed by atoms with van der Waals surface area (Å²) in [7, 11) is 0. The number of anilines is 2. The molecule has 0 bridgehead atoms. The van der Waals surface area contributed by atoms with Crippen molar-refractivity contribution in [1.82, 2.24) is 15.0 Å². The van der Waals surface area contributed by atoms with Crippen LogP contribution in [0.5, 0.6) is 0 Å². The van der Waals surface area contributed by atoms with Gasteiger partial charge in [-0.05, 0) is 30.9 Å². The minimum Gasteiger partial charge on any atom is -0.354 e. The highest BCUT2D eigenvalue weighted by Crippen LogP contribution is 2.50. The van der Waals surface area contributed by atoms with Crippen molar-refractivity contribution in [2.75, 3.05) is 17.2 Å². The van der Waals surface area contributed by atoms with Crippen LogP contribution in [0.4, 0.5) is 25.1 Å². The van der Waals surface area contributed by atoms with Gasteiger partial charge in [-0.2, -0.15) is 28.1 Å². The molecule has 106 valence electrons. The number of hydrogen-bond acceptors (Lipinski definition) is 5. The van der Waals surface area contributed by atoms with E-state index in [0.717, 1.165) is 6.42 Å². The monoisotopic (exact) mass is 295 g/mol. The Balaban J connectivity index is 2.14. The van der Waals surface area contributed by atoms with Gasteiger partial charge in [0.2, 0.25) is 17.2 Å². The molecule has 0 unspecified atom stereocenters. The van der Waals surface area contributed by atoms with Crippen molar-refractivity contribution in [3.63, 3.8) is 0 Å². The SMILES string of the molecule is CCCNc1nc(Cl)nc(NC2(C(F)(F)F)CC2)n1. The number of nitrogens with one attached hydrogen (secondary N) is 2. The lowest BCUT2D eigenvalue weighted by molar-refractivity contribution is -0.151. The first-order chi connectivity index (χ1) is 8.86. The largest absolute Gasteiger partial charge is 0.411 e. The topological polar surface area (TPSA) is 62.7 Å². The number of nitrogens with zero attached hydrogens (tertiary/aromatic N) is 3. The third-order valence-electron chi connectivity index (χ3n) is 2.78. The molecular formula is C10H13ClF3N5. The Kier molecular flexibility index (Phi) is 3.71. The molecule has 9 heteroatoms. The van der Waals surface area contributed by atoms with Gasteiger partial charge in [-0.3, -0.25) is 0 Å². The van der Waals surface area contributed by atoms with Crippen LogP contribution < -0.4 is 10.6 Å². The third kappa shape index (κ3) is 3.17. The molecule has 1 heterocycles. The highest BCUT2D eigenvalue weighted by molar-refractivity contribution is 6.28. The molecule has 0 atom stereocenters. The van der Waals surface area contributed by atoms with Crippen molar-refractivity contribution in [3.05, 3.63) is 5.28 Å². The summed E-state index contributed by atoms with van der Waals surface area (Å²) in [5, 5.41) is 5.02. The van der Waals surface area contributed by atoms with E-state index in [9.17, 15) is 13.2 Å².